The van der Waals surface area contributed by atoms with E-state index in [1.165, 1.54) is 89.4 Å². The Labute approximate surface area is 139 Å². The molecule has 0 aliphatic rings. The van der Waals surface area contributed by atoms with Crippen molar-refractivity contribution in [1.29, 1.82) is 0 Å². The van der Waals surface area contributed by atoms with Crippen LogP contribution in [0.2, 0.25) is 0 Å². The first-order valence-electron chi connectivity index (χ1n) is 9.68. The van der Waals surface area contributed by atoms with Crippen molar-refractivity contribution in [2.24, 2.45) is 0 Å². The standard InChI is InChI=1S/C21H37N/c1-3-5-7-8-9-10-11-16-20-22(19-15-6-4-2)21-17-13-12-14-18-21/h12-14,17-18H,3-11,15-16,19-20H2,1-2H3. The molecule has 0 bridgehead atoms. The number of rotatable bonds is 14. The monoisotopic (exact) mass is 303 g/mol. The Hall–Kier alpha value is -0.980. The minimum Gasteiger partial charge on any atom is -0.372 e. The van der Waals surface area contributed by atoms with Crippen LogP contribution in [0.4, 0.5) is 5.69 Å². The summed E-state index contributed by atoms with van der Waals surface area (Å²) in [5.41, 5.74) is 1.40. The van der Waals surface area contributed by atoms with Crippen LogP contribution in [0, 0.1) is 0 Å². The molecule has 0 saturated carbocycles. The van der Waals surface area contributed by atoms with Crippen LogP contribution < -0.4 is 4.90 Å². The first-order chi connectivity index (χ1) is 10.9. The molecule has 1 nitrogen and oxygen atoms in total. The third-order valence-electron chi connectivity index (χ3n) is 4.43. The van der Waals surface area contributed by atoms with Gasteiger partial charge in [0.05, 0.1) is 0 Å². The van der Waals surface area contributed by atoms with Gasteiger partial charge in [0.2, 0.25) is 0 Å². The van der Waals surface area contributed by atoms with Gasteiger partial charge in [-0.05, 0) is 25.0 Å². The average Bonchev–Trinajstić information content (AvgIpc) is 2.56. The Morgan fingerprint density at radius 2 is 1.05 bits per heavy atom. The molecule has 1 aromatic carbocycles. The van der Waals surface area contributed by atoms with Crippen molar-refractivity contribution >= 4 is 5.69 Å². The summed E-state index contributed by atoms with van der Waals surface area (Å²) in [6.07, 6.45) is 15.2. The van der Waals surface area contributed by atoms with Gasteiger partial charge < -0.3 is 4.90 Å². The van der Waals surface area contributed by atoms with E-state index in [2.05, 4.69) is 49.1 Å². The summed E-state index contributed by atoms with van der Waals surface area (Å²) in [5.74, 6) is 0. The fraction of sp³-hybridized carbons (Fsp3) is 0.714. The average molecular weight is 304 g/mol. The number of hydrogen-bond donors (Lipinski definition) is 0. The van der Waals surface area contributed by atoms with Crippen LogP contribution in [0.3, 0.4) is 0 Å². The zero-order valence-electron chi connectivity index (χ0n) is 15.0. The van der Waals surface area contributed by atoms with Crippen molar-refractivity contribution in [2.75, 3.05) is 18.0 Å². The largest absolute Gasteiger partial charge is 0.372 e. The molecule has 0 atom stereocenters. The first kappa shape index (κ1) is 19.1. The number of anilines is 1. The molecule has 0 unspecified atom stereocenters. The van der Waals surface area contributed by atoms with Gasteiger partial charge in [-0.2, -0.15) is 0 Å². The van der Waals surface area contributed by atoms with Gasteiger partial charge in [0.1, 0.15) is 0 Å². The van der Waals surface area contributed by atoms with E-state index in [-0.39, 0.29) is 0 Å². The van der Waals surface area contributed by atoms with E-state index in [1.807, 2.05) is 0 Å². The van der Waals surface area contributed by atoms with Crippen LogP contribution in [0.5, 0.6) is 0 Å². The number of unbranched alkanes of at least 4 members (excludes halogenated alkanes) is 9. The van der Waals surface area contributed by atoms with Crippen molar-refractivity contribution in [3.63, 3.8) is 0 Å². The van der Waals surface area contributed by atoms with E-state index in [9.17, 15) is 0 Å². The first-order valence-corrected chi connectivity index (χ1v) is 9.68. The van der Waals surface area contributed by atoms with Gasteiger partial charge in [0.25, 0.3) is 0 Å². The number of benzene rings is 1. The van der Waals surface area contributed by atoms with E-state index in [0.717, 1.165) is 0 Å². The quantitative estimate of drug-likeness (QED) is 0.341. The maximum Gasteiger partial charge on any atom is 0.0366 e. The summed E-state index contributed by atoms with van der Waals surface area (Å²) >= 11 is 0. The molecular weight excluding hydrogens is 266 g/mol. The lowest BCUT2D eigenvalue weighted by atomic mass is 10.1. The highest BCUT2D eigenvalue weighted by Gasteiger charge is 2.05. The molecule has 1 aromatic rings. The molecule has 0 heterocycles. The predicted octanol–water partition coefficient (Wildman–Crippen LogP) is 6.82. The van der Waals surface area contributed by atoms with Crippen molar-refractivity contribution in [3.8, 4) is 0 Å². The van der Waals surface area contributed by atoms with Gasteiger partial charge in [-0.1, -0.05) is 89.8 Å². The molecule has 0 radical (unpaired) electrons. The Morgan fingerprint density at radius 1 is 0.591 bits per heavy atom. The summed E-state index contributed by atoms with van der Waals surface area (Å²) in [6, 6.07) is 11.0. The van der Waals surface area contributed by atoms with Crippen molar-refractivity contribution in [1.82, 2.24) is 0 Å². The summed E-state index contributed by atoms with van der Waals surface area (Å²) < 4.78 is 0. The van der Waals surface area contributed by atoms with E-state index >= 15 is 0 Å². The second-order valence-electron chi connectivity index (χ2n) is 6.50. The third kappa shape index (κ3) is 9.12. The second-order valence-corrected chi connectivity index (χ2v) is 6.50. The number of hydrogen-bond acceptors (Lipinski definition) is 1. The molecule has 126 valence electrons. The summed E-state index contributed by atoms with van der Waals surface area (Å²) in [7, 11) is 0. The Morgan fingerprint density at radius 3 is 1.64 bits per heavy atom. The third-order valence-corrected chi connectivity index (χ3v) is 4.43. The van der Waals surface area contributed by atoms with Gasteiger partial charge in [0, 0.05) is 18.8 Å². The smallest absolute Gasteiger partial charge is 0.0366 e. The van der Waals surface area contributed by atoms with Crippen LogP contribution in [-0.4, -0.2) is 13.1 Å². The predicted molar refractivity (Wildman–Crippen MR) is 101 cm³/mol. The minimum absolute atomic E-state index is 1.22. The normalized spacial score (nSPS) is 10.8. The van der Waals surface area contributed by atoms with Crippen LogP contribution in [0.25, 0.3) is 0 Å². The van der Waals surface area contributed by atoms with Crippen molar-refractivity contribution in [3.05, 3.63) is 30.3 Å². The summed E-state index contributed by atoms with van der Waals surface area (Å²) in [4.78, 5) is 2.59. The molecule has 0 saturated heterocycles. The van der Waals surface area contributed by atoms with E-state index in [1.54, 1.807) is 0 Å². The molecule has 1 rings (SSSR count). The Balaban J connectivity index is 2.21. The van der Waals surface area contributed by atoms with Crippen LogP contribution in [0.15, 0.2) is 30.3 Å². The van der Waals surface area contributed by atoms with Gasteiger partial charge in [-0.25, -0.2) is 0 Å². The highest BCUT2D eigenvalue weighted by Crippen LogP contribution is 2.16. The highest BCUT2D eigenvalue weighted by molar-refractivity contribution is 5.45. The molecule has 0 spiro atoms. The van der Waals surface area contributed by atoms with Gasteiger partial charge in [-0.3, -0.25) is 0 Å². The second kappa shape index (κ2) is 13.7. The highest BCUT2D eigenvalue weighted by atomic mass is 15.1. The Kier molecular flexibility index (Phi) is 11.8. The maximum atomic E-state index is 2.59. The SMILES string of the molecule is CCCCCCCCCCN(CCCCC)c1ccccc1. The number of para-hydroxylation sites is 1. The topological polar surface area (TPSA) is 3.24 Å². The Bertz CT molecular complexity index is 333. The van der Waals surface area contributed by atoms with Gasteiger partial charge in [-0.15, -0.1) is 0 Å². The lowest BCUT2D eigenvalue weighted by molar-refractivity contribution is 0.567. The molecule has 0 aromatic heterocycles. The van der Waals surface area contributed by atoms with E-state index in [0.29, 0.717) is 0 Å². The summed E-state index contributed by atoms with van der Waals surface area (Å²) in [6.45, 7) is 7.01. The van der Waals surface area contributed by atoms with E-state index < -0.39 is 0 Å². The maximum absolute atomic E-state index is 2.59. The minimum atomic E-state index is 1.22. The molecular formula is C21H37N. The molecule has 0 aliphatic heterocycles. The van der Waals surface area contributed by atoms with Crippen molar-refractivity contribution < 1.29 is 0 Å². The van der Waals surface area contributed by atoms with Crippen LogP contribution in [0.1, 0.15) is 84.5 Å². The summed E-state index contributed by atoms with van der Waals surface area (Å²) in [5, 5.41) is 0. The molecule has 1 heteroatoms. The van der Waals surface area contributed by atoms with Crippen LogP contribution >= 0.6 is 0 Å². The lowest BCUT2D eigenvalue weighted by Crippen LogP contribution is -2.25. The van der Waals surface area contributed by atoms with Gasteiger partial charge >= 0.3 is 0 Å². The molecule has 0 fully saturated rings. The zero-order chi connectivity index (χ0) is 15.9. The fourth-order valence-corrected chi connectivity index (χ4v) is 3.00. The molecule has 0 N–H and O–H groups in total. The van der Waals surface area contributed by atoms with Crippen molar-refractivity contribution in [2.45, 2.75) is 84.5 Å². The van der Waals surface area contributed by atoms with Gasteiger partial charge in [0.15, 0.2) is 0 Å². The molecule has 0 amide bonds. The molecule has 0 aliphatic carbocycles. The lowest BCUT2D eigenvalue weighted by Gasteiger charge is -2.25. The van der Waals surface area contributed by atoms with Crippen LogP contribution in [-0.2, 0) is 0 Å². The fourth-order valence-electron chi connectivity index (χ4n) is 3.00. The number of nitrogens with zero attached hydrogens (tertiary/aromatic N) is 1. The molecule has 22 heavy (non-hydrogen) atoms. The van der Waals surface area contributed by atoms with E-state index in [4.69, 9.17) is 0 Å². The zero-order valence-corrected chi connectivity index (χ0v) is 15.0.